The van der Waals surface area contributed by atoms with Crippen LogP contribution in [0.3, 0.4) is 0 Å². The molecule has 5 heteroatoms. The average Bonchev–Trinajstić information content (AvgIpc) is 3.14. The topological polar surface area (TPSA) is 87.0 Å². The molecule has 27 heavy (non-hydrogen) atoms. The molecule has 1 aromatic rings. The molecule has 1 heterocycles. The average molecular weight is 370 g/mol. The van der Waals surface area contributed by atoms with Crippen LogP contribution >= 0.6 is 0 Å². The van der Waals surface area contributed by atoms with Gasteiger partial charge >= 0.3 is 5.97 Å². The van der Waals surface area contributed by atoms with Crippen molar-refractivity contribution < 1.29 is 24.9 Å². The van der Waals surface area contributed by atoms with Gasteiger partial charge in [0.05, 0.1) is 12.2 Å². The molecule has 5 nitrogen and oxygen atoms in total. The number of carbonyl (C=O) groups is 1. The van der Waals surface area contributed by atoms with Crippen molar-refractivity contribution in [2.75, 3.05) is 0 Å². The third-order valence-corrected chi connectivity index (χ3v) is 5.63. The molecule has 0 bridgehead atoms. The van der Waals surface area contributed by atoms with Gasteiger partial charge in [-0.25, -0.2) is 0 Å². The number of aryl methyl sites for hydroxylation is 1. The van der Waals surface area contributed by atoms with Crippen molar-refractivity contribution in [2.45, 2.75) is 56.8 Å². The number of ether oxygens (including phenoxy) is 1. The fraction of sp³-hybridized carbons (Fsp3) is 0.500. The number of hydrogen-bond donors (Lipinski definition) is 3. The lowest BCUT2D eigenvalue weighted by Crippen LogP contribution is -2.18. The van der Waals surface area contributed by atoms with Crippen LogP contribution in [0.5, 0.6) is 5.75 Å². The highest BCUT2D eigenvalue weighted by Gasteiger charge is 2.48. The first-order chi connectivity index (χ1) is 12.9. The standard InChI is InChI=1S/C22H26O5/c1-3-13(2)17(23)11-10-15-18(24)12-19-21(15)16-8-4-6-14(22(16)27-19)7-5-9-20(25)26/h1,4,6,8,10-11,13,15,17-19,21,23-24H,5,7,9,12H2,2H3,(H,25,26)/b11-10+/t13?,15-,17+,18+,19-,21-/m0/s1. The molecule has 2 aliphatic rings. The third-order valence-electron chi connectivity index (χ3n) is 5.63. The largest absolute Gasteiger partial charge is 0.489 e. The Morgan fingerprint density at radius 2 is 2.26 bits per heavy atom. The molecule has 3 rings (SSSR count). The maximum Gasteiger partial charge on any atom is 0.303 e. The Labute approximate surface area is 159 Å². The van der Waals surface area contributed by atoms with Gasteiger partial charge in [-0.2, -0.15) is 0 Å². The van der Waals surface area contributed by atoms with Crippen molar-refractivity contribution in [3.63, 3.8) is 0 Å². The van der Waals surface area contributed by atoms with Gasteiger partial charge in [0.25, 0.3) is 0 Å². The zero-order chi connectivity index (χ0) is 19.6. The van der Waals surface area contributed by atoms with E-state index in [4.69, 9.17) is 16.3 Å². The van der Waals surface area contributed by atoms with Crippen molar-refractivity contribution in [3.05, 3.63) is 41.5 Å². The highest BCUT2D eigenvalue weighted by atomic mass is 16.5. The minimum Gasteiger partial charge on any atom is -0.489 e. The third kappa shape index (κ3) is 4.02. The van der Waals surface area contributed by atoms with Crippen molar-refractivity contribution in [2.24, 2.45) is 11.8 Å². The highest BCUT2D eigenvalue weighted by Crippen LogP contribution is 2.52. The predicted molar refractivity (Wildman–Crippen MR) is 101 cm³/mol. The summed E-state index contributed by atoms with van der Waals surface area (Å²) in [5, 5.41) is 29.4. The summed E-state index contributed by atoms with van der Waals surface area (Å²) in [6, 6.07) is 5.95. The van der Waals surface area contributed by atoms with E-state index < -0.39 is 18.2 Å². The summed E-state index contributed by atoms with van der Waals surface area (Å²) < 4.78 is 6.16. The Bertz CT molecular complexity index is 762. The molecule has 1 unspecified atom stereocenters. The molecular formula is C22H26O5. The molecule has 1 fully saturated rings. The Morgan fingerprint density at radius 1 is 1.48 bits per heavy atom. The van der Waals surface area contributed by atoms with Crippen LogP contribution in [0.15, 0.2) is 30.4 Å². The van der Waals surface area contributed by atoms with Crippen LogP contribution in [0.1, 0.15) is 43.2 Å². The lowest BCUT2D eigenvalue weighted by Gasteiger charge is -2.18. The van der Waals surface area contributed by atoms with Crippen LogP contribution in [-0.4, -0.2) is 39.6 Å². The number of para-hydroxylation sites is 1. The molecule has 6 atom stereocenters. The van der Waals surface area contributed by atoms with Gasteiger partial charge in [0.2, 0.25) is 0 Å². The van der Waals surface area contributed by atoms with Crippen LogP contribution in [-0.2, 0) is 11.2 Å². The molecule has 0 spiro atoms. The molecule has 144 valence electrons. The molecular weight excluding hydrogens is 344 g/mol. The summed E-state index contributed by atoms with van der Waals surface area (Å²) in [7, 11) is 0. The van der Waals surface area contributed by atoms with E-state index in [1.165, 1.54) is 0 Å². The second kappa shape index (κ2) is 8.16. The normalized spacial score (nSPS) is 28.2. The second-order valence-electron chi connectivity index (χ2n) is 7.48. The number of carboxylic acids is 1. The number of aliphatic hydroxyl groups is 2. The summed E-state index contributed by atoms with van der Waals surface area (Å²) >= 11 is 0. The van der Waals surface area contributed by atoms with Crippen molar-refractivity contribution in [1.82, 2.24) is 0 Å². The van der Waals surface area contributed by atoms with E-state index in [9.17, 15) is 15.0 Å². The van der Waals surface area contributed by atoms with E-state index in [1.807, 2.05) is 24.3 Å². The molecule has 1 saturated carbocycles. The van der Waals surface area contributed by atoms with Crippen molar-refractivity contribution >= 4 is 5.97 Å². The first kappa shape index (κ1) is 19.5. The predicted octanol–water partition coefficient (Wildman–Crippen LogP) is 2.51. The lowest BCUT2D eigenvalue weighted by molar-refractivity contribution is -0.137. The Morgan fingerprint density at radius 3 is 2.96 bits per heavy atom. The number of aliphatic carboxylic acids is 1. The number of carboxylic acid groups (broad SMARTS) is 1. The zero-order valence-corrected chi connectivity index (χ0v) is 15.4. The molecule has 1 aliphatic heterocycles. The van der Waals surface area contributed by atoms with E-state index >= 15 is 0 Å². The number of fused-ring (bicyclic) bond motifs is 3. The first-order valence-corrected chi connectivity index (χ1v) is 9.43. The van der Waals surface area contributed by atoms with Gasteiger partial charge in [-0.15, -0.1) is 12.3 Å². The number of aliphatic hydroxyl groups excluding tert-OH is 2. The minimum atomic E-state index is -0.798. The summed E-state index contributed by atoms with van der Waals surface area (Å²) in [5.74, 6) is 2.14. The molecule has 0 aromatic heterocycles. The van der Waals surface area contributed by atoms with E-state index in [1.54, 1.807) is 13.0 Å². The van der Waals surface area contributed by atoms with Gasteiger partial charge in [-0.3, -0.25) is 4.79 Å². The highest BCUT2D eigenvalue weighted by molar-refractivity contribution is 5.66. The number of benzene rings is 1. The van der Waals surface area contributed by atoms with Crippen LogP contribution in [0.2, 0.25) is 0 Å². The molecule has 0 radical (unpaired) electrons. The minimum absolute atomic E-state index is 0.0269. The van der Waals surface area contributed by atoms with Crippen LogP contribution in [0.25, 0.3) is 0 Å². The molecule has 1 aromatic carbocycles. The van der Waals surface area contributed by atoms with Gasteiger partial charge in [0.1, 0.15) is 11.9 Å². The SMILES string of the molecule is C#CC(C)[C@H](O)/C=C/[C@@H]1[C@H]2c3cccc(CCCC(=O)O)c3O[C@H]2C[C@H]1O. The van der Waals surface area contributed by atoms with Crippen LogP contribution < -0.4 is 4.74 Å². The Balaban J connectivity index is 1.79. The maximum absolute atomic E-state index is 10.8. The monoisotopic (exact) mass is 370 g/mol. The van der Waals surface area contributed by atoms with Gasteiger partial charge in [-0.1, -0.05) is 30.4 Å². The first-order valence-electron chi connectivity index (χ1n) is 9.43. The molecule has 0 amide bonds. The smallest absolute Gasteiger partial charge is 0.303 e. The van der Waals surface area contributed by atoms with Crippen molar-refractivity contribution in [3.8, 4) is 18.1 Å². The maximum atomic E-state index is 10.8. The van der Waals surface area contributed by atoms with Crippen LogP contribution in [0, 0.1) is 24.2 Å². The molecule has 0 saturated heterocycles. The summed E-state index contributed by atoms with van der Waals surface area (Å²) in [4.78, 5) is 10.8. The lowest BCUT2D eigenvalue weighted by atomic mass is 9.86. The van der Waals surface area contributed by atoms with E-state index in [2.05, 4.69) is 5.92 Å². The summed E-state index contributed by atoms with van der Waals surface area (Å²) in [5.41, 5.74) is 2.07. The zero-order valence-electron chi connectivity index (χ0n) is 15.4. The molecule has 1 aliphatic carbocycles. The van der Waals surface area contributed by atoms with E-state index in [-0.39, 0.29) is 30.3 Å². The quantitative estimate of drug-likeness (QED) is 0.507. The summed E-state index contributed by atoms with van der Waals surface area (Å²) in [6.45, 7) is 1.78. The summed E-state index contributed by atoms with van der Waals surface area (Å²) in [6.07, 6.45) is 9.39. The Hall–Kier alpha value is -2.29. The van der Waals surface area contributed by atoms with Gasteiger partial charge in [0.15, 0.2) is 0 Å². The number of terminal acetylenes is 1. The van der Waals surface area contributed by atoms with E-state index in [0.717, 1.165) is 16.9 Å². The molecule has 3 N–H and O–H groups in total. The van der Waals surface area contributed by atoms with Gasteiger partial charge < -0.3 is 20.1 Å². The Kier molecular flexibility index (Phi) is 5.88. The number of hydrogen-bond acceptors (Lipinski definition) is 4. The van der Waals surface area contributed by atoms with E-state index in [0.29, 0.717) is 19.3 Å². The second-order valence-corrected chi connectivity index (χ2v) is 7.48. The van der Waals surface area contributed by atoms with Gasteiger partial charge in [0, 0.05) is 36.2 Å². The fourth-order valence-corrected chi connectivity index (χ4v) is 4.10. The van der Waals surface area contributed by atoms with Gasteiger partial charge in [-0.05, 0) is 25.3 Å². The fourth-order valence-electron chi connectivity index (χ4n) is 4.10. The van der Waals surface area contributed by atoms with Crippen molar-refractivity contribution in [1.29, 1.82) is 0 Å². The van der Waals surface area contributed by atoms with Crippen LogP contribution in [0.4, 0.5) is 0 Å². The number of rotatable bonds is 7.